The maximum Gasteiger partial charge on any atom is 0.262 e. The van der Waals surface area contributed by atoms with Crippen LogP contribution in [0.15, 0.2) is 65.6 Å². The highest BCUT2D eigenvalue weighted by Gasteiger charge is 2.42. The summed E-state index contributed by atoms with van der Waals surface area (Å²) in [6.45, 7) is 1.29. The predicted octanol–water partition coefficient (Wildman–Crippen LogP) is 1.85. The van der Waals surface area contributed by atoms with E-state index in [2.05, 4.69) is 15.1 Å². The van der Waals surface area contributed by atoms with Crippen molar-refractivity contribution in [2.75, 3.05) is 13.1 Å². The summed E-state index contributed by atoms with van der Waals surface area (Å²) in [6, 6.07) is 16.7. The first kappa shape index (κ1) is 21.3. The van der Waals surface area contributed by atoms with E-state index in [4.69, 9.17) is 0 Å². The van der Waals surface area contributed by atoms with Crippen LogP contribution < -0.4 is 5.56 Å². The lowest BCUT2D eigenvalue weighted by molar-refractivity contribution is -0.140. The smallest absolute Gasteiger partial charge is 0.262 e. The number of fused-ring (bicyclic) bond motifs is 2. The molecule has 2 aliphatic rings. The molecule has 2 aromatic heterocycles. The maximum absolute atomic E-state index is 13.7. The standard InChI is InChI=1S/C26H24N6O3/c1-30-23-20(12-27-30)24(33)29-22(28-23)18-13-31(14-18)26(35)21(11-16-7-3-2-4-8-16)32-15-17-9-5-6-10-19(17)25(32)34/h2-10,12,18,21H,11,13-15H2,1H3,(H,28,29,33). The monoisotopic (exact) mass is 468 g/mol. The van der Waals surface area contributed by atoms with E-state index in [1.807, 2.05) is 54.6 Å². The summed E-state index contributed by atoms with van der Waals surface area (Å²) in [6.07, 6.45) is 1.94. The van der Waals surface area contributed by atoms with E-state index in [1.54, 1.807) is 21.5 Å². The molecule has 0 aliphatic carbocycles. The number of aromatic amines is 1. The zero-order chi connectivity index (χ0) is 24.1. The number of H-pyrrole nitrogens is 1. The first-order valence-corrected chi connectivity index (χ1v) is 11.6. The number of benzene rings is 2. The lowest BCUT2D eigenvalue weighted by Crippen LogP contribution is -2.57. The molecule has 35 heavy (non-hydrogen) atoms. The van der Waals surface area contributed by atoms with E-state index in [0.29, 0.717) is 48.5 Å². The molecule has 6 rings (SSSR count). The summed E-state index contributed by atoms with van der Waals surface area (Å²) in [7, 11) is 1.74. The third kappa shape index (κ3) is 3.60. The van der Waals surface area contributed by atoms with E-state index in [1.165, 1.54) is 6.20 Å². The third-order valence-electron chi connectivity index (χ3n) is 6.98. The number of aryl methyl sites for hydroxylation is 1. The first-order chi connectivity index (χ1) is 17.0. The molecule has 2 aliphatic heterocycles. The molecule has 1 fully saturated rings. The van der Waals surface area contributed by atoms with Gasteiger partial charge in [-0.3, -0.25) is 19.1 Å². The number of hydrogen-bond donors (Lipinski definition) is 1. The number of carbonyl (C=O) groups is 2. The number of aromatic nitrogens is 4. The van der Waals surface area contributed by atoms with Crippen molar-refractivity contribution in [3.05, 3.63) is 93.7 Å². The number of amides is 2. The average Bonchev–Trinajstić information content (AvgIpc) is 3.37. The molecule has 9 nitrogen and oxygen atoms in total. The zero-order valence-electron chi connectivity index (χ0n) is 19.2. The molecule has 0 radical (unpaired) electrons. The number of rotatable bonds is 5. The van der Waals surface area contributed by atoms with Gasteiger partial charge < -0.3 is 14.8 Å². The molecule has 9 heteroatoms. The lowest BCUT2D eigenvalue weighted by Gasteiger charge is -2.42. The first-order valence-electron chi connectivity index (χ1n) is 11.6. The van der Waals surface area contributed by atoms with E-state index >= 15 is 0 Å². The number of nitrogens with one attached hydrogen (secondary N) is 1. The van der Waals surface area contributed by atoms with Gasteiger partial charge >= 0.3 is 0 Å². The van der Waals surface area contributed by atoms with Crippen molar-refractivity contribution in [2.24, 2.45) is 7.05 Å². The van der Waals surface area contributed by atoms with Crippen LogP contribution in [0.1, 0.15) is 33.2 Å². The van der Waals surface area contributed by atoms with Crippen LogP contribution in [-0.2, 0) is 24.8 Å². The van der Waals surface area contributed by atoms with Crippen LogP contribution >= 0.6 is 0 Å². The average molecular weight is 469 g/mol. The minimum atomic E-state index is -0.607. The molecule has 0 saturated carbocycles. The molecule has 4 aromatic rings. The molecule has 0 bridgehead atoms. The quantitative estimate of drug-likeness (QED) is 0.481. The second-order valence-electron chi connectivity index (χ2n) is 9.19. The topological polar surface area (TPSA) is 104 Å². The third-order valence-corrected chi connectivity index (χ3v) is 6.98. The molecule has 2 amide bonds. The molecular weight excluding hydrogens is 444 g/mol. The van der Waals surface area contributed by atoms with Crippen molar-refractivity contribution >= 4 is 22.8 Å². The van der Waals surface area contributed by atoms with Gasteiger partial charge in [-0.25, -0.2) is 4.98 Å². The summed E-state index contributed by atoms with van der Waals surface area (Å²) >= 11 is 0. The fraction of sp³-hybridized carbons (Fsp3) is 0.269. The molecule has 1 unspecified atom stereocenters. The van der Waals surface area contributed by atoms with Crippen LogP contribution in [0.4, 0.5) is 0 Å². The largest absolute Gasteiger partial charge is 0.339 e. The highest BCUT2D eigenvalue weighted by molar-refractivity contribution is 6.01. The van der Waals surface area contributed by atoms with E-state index in [0.717, 1.165) is 11.1 Å². The molecule has 4 heterocycles. The molecule has 0 spiro atoms. The van der Waals surface area contributed by atoms with Crippen LogP contribution in [0.5, 0.6) is 0 Å². The normalized spacial score (nSPS) is 16.4. The van der Waals surface area contributed by atoms with Crippen LogP contribution in [0.25, 0.3) is 11.0 Å². The summed E-state index contributed by atoms with van der Waals surface area (Å²) < 4.78 is 1.57. The summed E-state index contributed by atoms with van der Waals surface area (Å²) in [5.41, 5.74) is 2.89. The number of hydrogen-bond acceptors (Lipinski definition) is 5. The molecule has 1 saturated heterocycles. The second kappa shape index (κ2) is 8.19. The van der Waals surface area contributed by atoms with Gasteiger partial charge in [-0.1, -0.05) is 48.5 Å². The van der Waals surface area contributed by atoms with Crippen molar-refractivity contribution in [1.82, 2.24) is 29.5 Å². The Morgan fingerprint density at radius 2 is 1.83 bits per heavy atom. The van der Waals surface area contributed by atoms with Gasteiger partial charge in [0.1, 0.15) is 17.3 Å². The van der Waals surface area contributed by atoms with Crippen molar-refractivity contribution in [2.45, 2.75) is 24.9 Å². The Labute approximate surface area is 201 Å². The van der Waals surface area contributed by atoms with Crippen LogP contribution in [-0.4, -0.2) is 60.5 Å². The Hall–Kier alpha value is -4.27. The van der Waals surface area contributed by atoms with E-state index in [9.17, 15) is 14.4 Å². The van der Waals surface area contributed by atoms with Gasteiger partial charge in [-0.2, -0.15) is 5.10 Å². The van der Waals surface area contributed by atoms with Crippen LogP contribution in [0, 0.1) is 0 Å². The number of likely N-dealkylation sites (tertiary alicyclic amines) is 1. The van der Waals surface area contributed by atoms with Crippen molar-refractivity contribution in [1.29, 1.82) is 0 Å². The van der Waals surface area contributed by atoms with Gasteiger partial charge in [0.2, 0.25) is 5.91 Å². The summed E-state index contributed by atoms with van der Waals surface area (Å²) in [5, 5.41) is 4.55. The maximum atomic E-state index is 13.7. The Bertz CT molecular complexity index is 1500. The van der Waals surface area contributed by atoms with Gasteiger partial charge in [-0.05, 0) is 17.2 Å². The minimum absolute atomic E-state index is 0.0743. The fourth-order valence-corrected chi connectivity index (χ4v) is 4.98. The second-order valence-corrected chi connectivity index (χ2v) is 9.19. The lowest BCUT2D eigenvalue weighted by atomic mass is 9.95. The predicted molar refractivity (Wildman–Crippen MR) is 129 cm³/mol. The van der Waals surface area contributed by atoms with Gasteiger partial charge in [0, 0.05) is 38.7 Å². The van der Waals surface area contributed by atoms with Crippen molar-refractivity contribution in [3.8, 4) is 0 Å². The van der Waals surface area contributed by atoms with E-state index < -0.39 is 6.04 Å². The van der Waals surface area contributed by atoms with Gasteiger partial charge in [0.25, 0.3) is 11.5 Å². The van der Waals surface area contributed by atoms with Gasteiger partial charge in [-0.15, -0.1) is 0 Å². The van der Waals surface area contributed by atoms with Gasteiger partial charge in [0.05, 0.1) is 12.1 Å². The summed E-state index contributed by atoms with van der Waals surface area (Å²) in [4.78, 5) is 50.2. The number of nitrogens with zero attached hydrogens (tertiary/aromatic N) is 5. The Morgan fingerprint density at radius 1 is 1.09 bits per heavy atom. The Kier molecular flexibility index (Phi) is 4.98. The molecular formula is C26H24N6O3. The zero-order valence-corrected chi connectivity index (χ0v) is 19.2. The number of carbonyl (C=O) groups excluding carboxylic acids is 2. The SMILES string of the molecule is Cn1ncc2c(=O)[nH]c(C3CN(C(=O)C(Cc4ccccc4)N4Cc5ccccc5C4=O)C3)nc21. The molecule has 2 aromatic carbocycles. The Morgan fingerprint density at radius 3 is 2.60 bits per heavy atom. The molecule has 176 valence electrons. The van der Waals surface area contributed by atoms with Crippen LogP contribution in [0.2, 0.25) is 0 Å². The molecule has 1 atom stereocenters. The van der Waals surface area contributed by atoms with Gasteiger partial charge in [0.15, 0.2) is 5.65 Å². The van der Waals surface area contributed by atoms with Crippen molar-refractivity contribution < 1.29 is 9.59 Å². The highest BCUT2D eigenvalue weighted by Crippen LogP contribution is 2.30. The van der Waals surface area contributed by atoms with E-state index in [-0.39, 0.29) is 23.3 Å². The molecule has 1 N–H and O–H groups in total. The summed E-state index contributed by atoms with van der Waals surface area (Å²) in [5.74, 6) is 0.282. The fourth-order valence-electron chi connectivity index (χ4n) is 4.98. The van der Waals surface area contributed by atoms with Crippen molar-refractivity contribution in [3.63, 3.8) is 0 Å². The van der Waals surface area contributed by atoms with Crippen LogP contribution in [0.3, 0.4) is 0 Å². The Balaban J connectivity index is 1.24. The minimum Gasteiger partial charge on any atom is -0.339 e. The highest BCUT2D eigenvalue weighted by atomic mass is 16.2.